The van der Waals surface area contributed by atoms with Gasteiger partial charge in [-0.2, -0.15) is 0 Å². The van der Waals surface area contributed by atoms with Crippen molar-refractivity contribution in [3.63, 3.8) is 0 Å². The van der Waals surface area contributed by atoms with E-state index in [0.29, 0.717) is 32.1 Å². The zero-order valence-electron chi connectivity index (χ0n) is 15.8. The summed E-state index contributed by atoms with van der Waals surface area (Å²) in [6.07, 6.45) is 6.14. The molecule has 0 aromatic carbocycles. The second kappa shape index (κ2) is 7.82. The molecule has 2 atom stereocenters. The fourth-order valence-corrected chi connectivity index (χ4v) is 3.35. The molecule has 0 spiro atoms. The van der Waals surface area contributed by atoms with Crippen LogP contribution in [0.2, 0.25) is 0 Å². The first-order chi connectivity index (χ1) is 12.5. The van der Waals surface area contributed by atoms with Crippen LogP contribution in [0.4, 0.5) is 0 Å². The number of amides is 1. The molecule has 1 N–H and O–H groups in total. The van der Waals surface area contributed by atoms with Gasteiger partial charge in [-0.1, -0.05) is 6.92 Å². The van der Waals surface area contributed by atoms with Crippen molar-refractivity contribution in [2.24, 2.45) is 7.05 Å². The maximum atomic E-state index is 12.2. The first-order valence-corrected chi connectivity index (χ1v) is 8.87. The fraction of sp³-hybridized carbons (Fsp3) is 0.556. The Balaban J connectivity index is 1.73. The number of aryl methyl sites for hydroxylation is 2. The van der Waals surface area contributed by atoms with E-state index in [1.807, 2.05) is 36.6 Å². The lowest BCUT2D eigenvalue weighted by Gasteiger charge is -2.18. The molecule has 1 fully saturated rings. The van der Waals surface area contributed by atoms with Crippen LogP contribution in [0.3, 0.4) is 0 Å². The first-order valence-electron chi connectivity index (χ1n) is 8.87. The lowest BCUT2D eigenvalue weighted by Crippen LogP contribution is -2.36. The molecule has 0 radical (unpaired) electrons. The zero-order chi connectivity index (χ0) is 18.7. The molecule has 3 heterocycles. The molecular formula is C18H26N6O2. The number of rotatable bonds is 6. The van der Waals surface area contributed by atoms with Crippen LogP contribution < -0.4 is 10.1 Å². The summed E-state index contributed by atoms with van der Waals surface area (Å²) in [5.74, 6) is 0.352. The monoisotopic (exact) mass is 358 g/mol. The largest absolute Gasteiger partial charge is 0.467 e. The molecule has 0 bridgehead atoms. The highest BCUT2D eigenvalue weighted by molar-refractivity contribution is 5.76. The molecule has 2 aromatic rings. The lowest BCUT2D eigenvalue weighted by atomic mass is 10.00. The van der Waals surface area contributed by atoms with Crippen molar-refractivity contribution in [1.82, 2.24) is 29.7 Å². The average Bonchev–Trinajstić information content (AvgIpc) is 3.26. The molecule has 0 unspecified atom stereocenters. The van der Waals surface area contributed by atoms with E-state index in [1.165, 1.54) is 0 Å². The van der Waals surface area contributed by atoms with Crippen LogP contribution in [0, 0.1) is 6.92 Å². The van der Waals surface area contributed by atoms with Gasteiger partial charge in [0.2, 0.25) is 5.91 Å². The Morgan fingerprint density at radius 1 is 1.38 bits per heavy atom. The van der Waals surface area contributed by atoms with Gasteiger partial charge in [-0.25, -0.2) is 15.0 Å². The number of methoxy groups -OCH3 is 1. The van der Waals surface area contributed by atoms with E-state index in [1.54, 1.807) is 19.6 Å². The summed E-state index contributed by atoms with van der Waals surface area (Å²) in [6, 6.07) is 0.514. The number of hydrogen-bond acceptors (Lipinski definition) is 6. The molecular weight excluding hydrogens is 332 g/mol. The van der Waals surface area contributed by atoms with E-state index in [9.17, 15) is 4.79 Å². The second-order valence-electron chi connectivity index (χ2n) is 6.68. The number of ether oxygens (including phenoxy) is 1. The summed E-state index contributed by atoms with van der Waals surface area (Å²) in [5, 5.41) is 3.58. The molecule has 1 amide bonds. The van der Waals surface area contributed by atoms with Crippen LogP contribution in [-0.2, 0) is 18.4 Å². The minimum atomic E-state index is 0.141. The summed E-state index contributed by atoms with van der Waals surface area (Å²) in [6.45, 7) is 5.86. The molecule has 1 aliphatic heterocycles. The van der Waals surface area contributed by atoms with Gasteiger partial charge in [0.25, 0.3) is 0 Å². The number of nitrogens with one attached hydrogen (secondary N) is 1. The Hall–Kier alpha value is -2.48. The Morgan fingerprint density at radius 2 is 2.19 bits per heavy atom. The molecule has 1 aliphatic rings. The van der Waals surface area contributed by atoms with Crippen molar-refractivity contribution in [3.05, 3.63) is 35.7 Å². The van der Waals surface area contributed by atoms with Gasteiger partial charge in [-0.15, -0.1) is 0 Å². The maximum absolute atomic E-state index is 12.2. The van der Waals surface area contributed by atoms with Crippen molar-refractivity contribution >= 4 is 5.91 Å². The van der Waals surface area contributed by atoms with E-state index >= 15 is 0 Å². The molecule has 8 heteroatoms. The van der Waals surface area contributed by atoms with Gasteiger partial charge in [0.05, 0.1) is 19.1 Å². The molecule has 2 aromatic heterocycles. The van der Waals surface area contributed by atoms with Crippen LogP contribution in [0.1, 0.15) is 36.2 Å². The number of carbonyl (C=O) groups excluding carboxylic acids is 1. The number of imidazole rings is 1. The smallest absolute Gasteiger partial charge is 0.316 e. The summed E-state index contributed by atoms with van der Waals surface area (Å²) < 4.78 is 7.00. The quantitative estimate of drug-likeness (QED) is 0.830. The molecule has 0 aliphatic carbocycles. The second-order valence-corrected chi connectivity index (χ2v) is 6.68. The minimum Gasteiger partial charge on any atom is -0.467 e. The molecule has 1 saturated heterocycles. The number of likely N-dealkylation sites (tertiary alicyclic amines) is 1. The molecule has 3 rings (SSSR count). The summed E-state index contributed by atoms with van der Waals surface area (Å²) >= 11 is 0. The highest BCUT2D eigenvalue weighted by Crippen LogP contribution is 2.27. The Kier molecular flexibility index (Phi) is 5.51. The van der Waals surface area contributed by atoms with Gasteiger partial charge in [-0.3, -0.25) is 4.79 Å². The van der Waals surface area contributed by atoms with Gasteiger partial charge in [0.1, 0.15) is 0 Å². The normalized spacial score (nSPS) is 19.8. The number of carbonyl (C=O) groups is 1. The van der Waals surface area contributed by atoms with Crippen molar-refractivity contribution in [2.45, 2.75) is 38.8 Å². The van der Waals surface area contributed by atoms with Crippen molar-refractivity contribution in [1.29, 1.82) is 0 Å². The maximum Gasteiger partial charge on any atom is 0.316 e. The SMILES string of the molecule is CCC(=O)N1C[C@@H](NCc2cnc(OC)nc2C)[C@H](c2cn(C)cn2)C1. The van der Waals surface area contributed by atoms with Crippen LogP contribution in [-0.4, -0.2) is 56.6 Å². The van der Waals surface area contributed by atoms with Gasteiger partial charge < -0.3 is 19.5 Å². The first kappa shape index (κ1) is 18.3. The third-order valence-electron chi connectivity index (χ3n) is 4.88. The standard InChI is InChI=1S/C18H26N6O2/c1-5-17(25)24-8-14(15-9-23(3)11-21-15)16(10-24)19-6-13-7-20-18(26-4)22-12(13)2/h7,9,11,14,16,19H,5-6,8,10H2,1-4H3/t14-,16+/m0/s1. The molecule has 0 saturated carbocycles. The minimum absolute atomic E-state index is 0.141. The van der Waals surface area contributed by atoms with Crippen molar-refractivity contribution in [3.8, 4) is 6.01 Å². The third-order valence-corrected chi connectivity index (χ3v) is 4.88. The Bertz CT molecular complexity index is 775. The van der Waals surface area contributed by atoms with E-state index in [2.05, 4.69) is 20.3 Å². The molecule has 8 nitrogen and oxygen atoms in total. The Morgan fingerprint density at radius 3 is 2.81 bits per heavy atom. The van der Waals surface area contributed by atoms with Gasteiger partial charge in [-0.05, 0) is 6.92 Å². The summed E-state index contributed by atoms with van der Waals surface area (Å²) in [7, 11) is 3.52. The van der Waals surface area contributed by atoms with E-state index < -0.39 is 0 Å². The van der Waals surface area contributed by atoms with Crippen LogP contribution >= 0.6 is 0 Å². The van der Waals surface area contributed by atoms with Gasteiger partial charge >= 0.3 is 6.01 Å². The van der Waals surface area contributed by atoms with Crippen LogP contribution in [0.15, 0.2) is 18.7 Å². The Labute approximate surface area is 153 Å². The highest BCUT2D eigenvalue weighted by atomic mass is 16.5. The lowest BCUT2D eigenvalue weighted by molar-refractivity contribution is -0.129. The van der Waals surface area contributed by atoms with E-state index in [-0.39, 0.29) is 17.9 Å². The number of hydrogen-bond donors (Lipinski definition) is 1. The topological polar surface area (TPSA) is 85.2 Å². The predicted molar refractivity (Wildman–Crippen MR) is 96.8 cm³/mol. The average molecular weight is 358 g/mol. The van der Waals surface area contributed by atoms with Crippen LogP contribution in [0.25, 0.3) is 0 Å². The number of aromatic nitrogens is 4. The highest BCUT2D eigenvalue weighted by Gasteiger charge is 2.36. The van der Waals surface area contributed by atoms with Crippen molar-refractivity contribution < 1.29 is 9.53 Å². The van der Waals surface area contributed by atoms with E-state index in [0.717, 1.165) is 17.0 Å². The summed E-state index contributed by atoms with van der Waals surface area (Å²) in [5.41, 5.74) is 2.92. The fourth-order valence-electron chi connectivity index (χ4n) is 3.35. The molecule has 140 valence electrons. The van der Waals surface area contributed by atoms with Crippen molar-refractivity contribution in [2.75, 3.05) is 20.2 Å². The van der Waals surface area contributed by atoms with Gasteiger partial charge in [0, 0.05) is 68.7 Å². The molecule has 26 heavy (non-hydrogen) atoms. The zero-order valence-corrected chi connectivity index (χ0v) is 15.8. The van der Waals surface area contributed by atoms with E-state index in [4.69, 9.17) is 4.74 Å². The van der Waals surface area contributed by atoms with Gasteiger partial charge in [0.15, 0.2) is 0 Å². The predicted octanol–water partition coefficient (Wildman–Crippen LogP) is 1.02. The summed E-state index contributed by atoms with van der Waals surface area (Å²) in [4.78, 5) is 27.1. The third kappa shape index (κ3) is 3.85. The van der Waals surface area contributed by atoms with Crippen LogP contribution in [0.5, 0.6) is 6.01 Å². The number of nitrogens with zero attached hydrogens (tertiary/aromatic N) is 5.